The van der Waals surface area contributed by atoms with E-state index in [0.29, 0.717) is 21.2 Å². The van der Waals surface area contributed by atoms with Gasteiger partial charge in [0.05, 0.1) is 16.3 Å². The van der Waals surface area contributed by atoms with E-state index in [4.69, 9.17) is 11.6 Å². The number of likely N-dealkylation sites (tertiary alicyclic amines) is 1. The van der Waals surface area contributed by atoms with E-state index in [1.807, 2.05) is 41.3 Å². The number of nitrogens with zero attached hydrogens (tertiary/aromatic N) is 1. The quantitative estimate of drug-likeness (QED) is 0.687. The van der Waals surface area contributed by atoms with E-state index in [2.05, 4.69) is 5.32 Å². The van der Waals surface area contributed by atoms with Crippen molar-refractivity contribution >= 4 is 50.5 Å². The monoisotopic (exact) mass is 384 g/mol. The van der Waals surface area contributed by atoms with Crippen molar-refractivity contribution in [2.75, 3.05) is 18.4 Å². The SMILES string of the molecule is O=C(Nc1ccccc1C(=O)N1CCCC1)c1sc2ccccc2c1Cl. The highest BCUT2D eigenvalue weighted by atomic mass is 35.5. The third kappa shape index (κ3) is 3.08. The van der Waals surface area contributed by atoms with E-state index in [9.17, 15) is 9.59 Å². The van der Waals surface area contributed by atoms with Gasteiger partial charge in [-0.2, -0.15) is 0 Å². The number of benzene rings is 2. The van der Waals surface area contributed by atoms with E-state index >= 15 is 0 Å². The van der Waals surface area contributed by atoms with Crippen LogP contribution in [0, 0.1) is 0 Å². The molecule has 1 aliphatic heterocycles. The topological polar surface area (TPSA) is 49.4 Å². The molecule has 0 bridgehead atoms. The third-order valence-corrected chi connectivity index (χ3v) is 6.21. The number of thiophene rings is 1. The van der Waals surface area contributed by atoms with Crippen molar-refractivity contribution in [1.29, 1.82) is 0 Å². The van der Waals surface area contributed by atoms with Crippen LogP contribution in [0.5, 0.6) is 0 Å². The molecule has 3 aromatic rings. The van der Waals surface area contributed by atoms with Crippen molar-refractivity contribution < 1.29 is 9.59 Å². The van der Waals surface area contributed by atoms with Gasteiger partial charge in [0.25, 0.3) is 11.8 Å². The zero-order valence-corrected chi connectivity index (χ0v) is 15.6. The molecule has 1 saturated heterocycles. The number of nitrogens with one attached hydrogen (secondary N) is 1. The maximum Gasteiger partial charge on any atom is 0.267 e. The molecule has 0 atom stereocenters. The Bertz CT molecular complexity index is 992. The van der Waals surface area contributed by atoms with Crippen LogP contribution in [0.3, 0.4) is 0 Å². The molecular formula is C20H17ClN2O2S. The molecule has 4 rings (SSSR count). The number of amides is 2. The Balaban J connectivity index is 1.63. The second-order valence-corrected chi connectivity index (χ2v) is 7.67. The van der Waals surface area contributed by atoms with Crippen molar-refractivity contribution in [2.45, 2.75) is 12.8 Å². The first-order valence-corrected chi connectivity index (χ1v) is 9.71. The molecule has 0 spiro atoms. The number of halogens is 1. The summed E-state index contributed by atoms with van der Waals surface area (Å²) in [6.07, 6.45) is 2.05. The lowest BCUT2D eigenvalue weighted by atomic mass is 10.1. The summed E-state index contributed by atoms with van der Waals surface area (Å²) in [5, 5.41) is 4.19. The van der Waals surface area contributed by atoms with Gasteiger partial charge in [-0.05, 0) is 31.0 Å². The Labute approximate surface area is 160 Å². The van der Waals surface area contributed by atoms with Gasteiger partial charge in [-0.1, -0.05) is 41.9 Å². The van der Waals surface area contributed by atoms with Crippen molar-refractivity contribution in [3.8, 4) is 0 Å². The Hall–Kier alpha value is -2.37. The smallest absolute Gasteiger partial charge is 0.267 e. The van der Waals surface area contributed by atoms with Crippen molar-refractivity contribution in [3.63, 3.8) is 0 Å². The second-order valence-electron chi connectivity index (χ2n) is 6.24. The maximum absolute atomic E-state index is 12.8. The van der Waals surface area contributed by atoms with Crippen LogP contribution < -0.4 is 5.32 Å². The second kappa shape index (κ2) is 7.09. The number of carbonyl (C=O) groups excluding carboxylic acids is 2. The fraction of sp³-hybridized carbons (Fsp3) is 0.200. The number of rotatable bonds is 3. The van der Waals surface area contributed by atoms with Crippen LogP contribution in [0.4, 0.5) is 5.69 Å². The molecule has 132 valence electrons. The number of carbonyl (C=O) groups is 2. The van der Waals surface area contributed by atoms with Gasteiger partial charge in [0.2, 0.25) is 0 Å². The van der Waals surface area contributed by atoms with Crippen LogP contribution in [-0.2, 0) is 0 Å². The summed E-state index contributed by atoms with van der Waals surface area (Å²) in [6, 6.07) is 14.8. The molecule has 0 radical (unpaired) electrons. The molecule has 0 unspecified atom stereocenters. The standard InChI is InChI=1S/C20H17ClN2O2S/c21-17-14-8-2-4-10-16(14)26-18(17)19(24)22-15-9-3-1-7-13(15)20(25)23-11-5-6-12-23/h1-4,7-10H,5-6,11-12H2,(H,22,24). The van der Waals surface area contributed by atoms with E-state index < -0.39 is 0 Å². The lowest BCUT2D eigenvalue weighted by Crippen LogP contribution is -2.28. The van der Waals surface area contributed by atoms with Crippen molar-refractivity contribution in [3.05, 3.63) is 64.0 Å². The van der Waals surface area contributed by atoms with Crippen LogP contribution in [0.2, 0.25) is 5.02 Å². The van der Waals surface area contributed by atoms with E-state index in [0.717, 1.165) is 36.0 Å². The molecule has 1 aromatic heterocycles. The van der Waals surface area contributed by atoms with Crippen LogP contribution in [-0.4, -0.2) is 29.8 Å². The first-order valence-electron chi connectivity index (χ1n) is 8.52. The average Bonchev–Trinajstić information content (AvgIpc) is 3.30. The molecule has 1 aliphatic rings. The summed E-state index contributed by atoms with van der Waals surface area (Å²) in [6.45, 7) is 1.53. The highest BCUT2D eigenvalue weighted by Gasteiger charge is 2.23. The average molecular weight is 385 g/mol. The molecule has 26 heavy (non-hydrogen) atoms. The zero-order valence-electron chi connectivity index (χ0n) is 14.0. The predicted octanol–water partition coefficient (Wildman–Crippen LogP) is 5.04. The summed E-state index contributed by atoms with van der Waals surface area (Å²) in [4.78, 5) is 27.8. The minimum Gasteiger partial charge on any atom is -0.339 e. The summed E-state index contributed by atoms with van der Waals surface area (Å²) >= 11 is 7.75. The Morgan fingerprint density at radius 1 is 1.00 bits per heavy atom. The van der Waals surface area contributed by atoms with Gasteiger partial charge in [-0.15, -0.1) is 11.3 Å². The summed E-state index contributed by atoms with van der Waals surface area (Å²) in [7, 11) is 0. The number of hydrogen-bond acceptors (Lipinski definition) is 3. The Morgan fingerprint density at radius 3 is 2.46 bits per heavy atom. The zero-order chi connectivity index (χ0) is 18.1. The molecule has 2 aromatic carbocycles. The third-order valence-electron chi connectivity index (χ3n) is 4.54. The van der Waals surface area contributed by atoms with Gasteiger partial charge in [0.1, 0.15) is 4.88 Å². The summed E-state index contributed by atoms with van der Waals surface area (Å²) < 4.78 is 0.962. The molecule has 1 N–H and O–H groups in total. The fourth-order valence-electron chi connectivity index (χ4n) is 3.21. The van der Waals surface area contributed by atoms with Gasteiger partial charge < -0.3 is 10.2 Å². The molecule has 6 heteroatoms. The number of fused-ring (bicyclic) bond motifs is 1. The first-order chi connectivity index (χ1) is 12.6. The largest absolute Gasteiger partial charge is 0.339 e. The first kappa shape index (κ1) is 17.1. The maximum atomic E-state index is 12.8. The van der Waals surface area contributed by atoms with Crippen molar-refractivity contribution in [1.82, 2.24) is 4.90 Å². The van der Waals surface area contributed by atoms with Crippen molar-refractivity contribution in [2.24, 2.45) is 0 Å². The van der Waals surface area contributed by atoms with Crippen LogP contribution in [0.15, 0.2) is 48.5 Å². The Kier molecular flexibility index (Phi) is 4.66. The molecule has 2 amide bonds. The van der Waals surface area contributed by atoms with Gasteiger partial charge in [-0.3, -0.25) is 9.59 Å². The van der Waals surface area contributed by atoms with Crippen LogP contribution in [0.1, 0.15) is 32.9 Å². The van der Waals surface area contributed by atoms with Crippen LogP contribution in [0.25, 0.3) is 10.1 Å². The number of anilines is 1. The molecule has 1 fully saturated rings. The molecule has 0 saturated carbocycles. The van der Waals surface area contributed by atoms with Gasteiger partial charge in [-0.25, -0.2) is 0 Å². The Morgan fingerprint density at radius 2 is 1.69 bits per heavy atom. The van der Waals surface area contributed by atoms with Gasteiger partial charge >= 0.3 is 0 Å². The van der Waals surface area contributed by atoms with E-state index in [-0.39, 0.29) is 11.8 Å². The fourth-order valence-corrected chi connectivity index (χ4v) is 4.62. The normalized spacial score (nSPS) is 14.0. The lowest BCUT2D eigenvalue weighted by molar-refractivity contribution is 0.0794. The van der Waals surface area contributed by atoms with E-state index in [1.54, 1.807) is 12.1 Å². The lowest BCUT2D eigenvalue weighted by Gasteiger charge is -2.17. The van der Waals surface area contributed by atoms with Crippen LogP contribution >= 0.6 is 22.9 Å². The molecule has 4 nitrogen and oxygen atoms in total. The number of hydrogen-bond donors (Lipinski definition) is 1. The highest BCUT2D eigenvalue weighted by Crippen LogP contribution is 2.35. The van der Waals surface area contributed by atoms with E-state index in [1.165, 1.54) is 11.3 Å². The van der Waals surface area contributed by atoms with Gasteiger partial charge in [0.15, 0.2) is 0 Å². The predicted molar refractivity (Wildman–Crippen MR) is 106 cm³/mol. The minimum atomic E-state index is -0.294. The molecular weight excluding hydrogens is 368 g/mol. The molecule has 2 heterocycles. The van der Waals surface area contributed by atoms with Gasteiger partial charge in [0, 0.05) is 23.2 Å². The molecule has 0 aliphatic carbocycles. The summed E-state index contributed by atoms with van der Waals surface area (Å²) in [5.74, 6) is -0.335. The highest BCUT2D eigenvalue weighted by molar-refractivity contribution is 7.21. The number of para-hydroxylation sites is 1. The summed E-state index contributed by atoms with van der Waals surface area (Å²) in [5.41, 5.74) is 1.03. The minimum absolute atomic E-state index is 0.0409.